The fourth-order valence-electron chi connectivity index (χ4n) is 1.67. The molecule has 0 aromatic carbocycles. The van der Waals surface area contributed by atoms with E-state index in [1.807, 2.05) is 24.4 Å². The van der Waals surface area contributed by atoms with Gasteiger partial charge in [0.2, 0.25) is 0 Å². The quantitative estimate of drug-likeness (QED) is 0.775. The van der Waals surface area contributed by atoms with E-state index >= 15 is 0 Å². The van der Waals surface area contributed by atoms with Crippen molar-refractivity contribution < 1.29 is 0 Å². The van der Waals surface area contributed by atoms with Gasteiger partial charge in [0.25, 0.3) is 0 Å². The van der Waals surface area contributed by atoms with E-state index in [-0.39, 0.29) is 0 Å². The number of aromatic nitrogens is 2. The van der Waals surface area contributed by atoms with Crippen LogP contribution in [-0.4, -0.2) is 9.97 Å². The summed E-state index contributed by atoms with van der Waals surface area (Å²) in [6, 6.07) is 10.1. The Labute approximate surface area is 96.4 Å². The molecule has 0 radical (unpaired) electrons. The minimum absolute atomic E-state index is 0.945. The molecule has 16 heavy (non-hydrogen) atoms. The van der Waals surface area contributed by atoms with Crippen molar-refractivity contribution in [1.29, 1.82) is 0 Å². The normalized spacial score (nSPS) is 10.3. The fraction of sp³-hybridized carbons (Fsp3) is 0.286. The Hall–Kier alpha value is -1.70. The lowest BCUT2D eigenvalue weighted by Gasteiger charge is -2.03. The summed E-state index contributed by atoms with van der Waals surface area (Å²) in [5.41, 5.74) is 3.26. The maximum atomic E-state index is 4.36. The Morgan fingerprint density at radius 2 is 1.88 bits per heavy atom. The monoisotopic (exact) mass is 212 g/mol. The average Bonchev–Trinajstić information content (AvgIpc) is 2.38. The number of pyridine rings is 2. The number of unbranched alkanes of at least 4 members (excludes halogenated alkanes) is 1. The van der Waals surface area contributed by atoms with Crippen molar-refractivity contribution in [2.24, 2.45) is 0 Å². The topological polar surface area (TPSA) is 25.8 Å². The highest BCUT2D eigenvalue weighted by atomic mass is 14.8. The van der Waals surface area contributed by atoms with Gasteiger partial charge in [0.05, 0.1) is 11.4 Å². The first-order valence-electron chi connectivity index (χ1n) is 5.76. The zero-order valence-electron chi connectivity index (χ0n) is 9.56. The molecule has 0 fully saturated rings. The molecule has 2 heterocycles. The van der Waals surface area contributed by atoms with Crippen LogP contribution in [0.25, 0.3) is 11.4 Å². The second-order valence-corrected chi connectivity index (χ2v) is 3.87. The van der Waals surface area contributed by atoms with E-state index in [1.165, 1.54) is 18.4 Å². The van der Waals surface area contributed by atoms with Crippen molar-refractivity contribution in [1.82, 2.24) is 9.97 Å². The van der Waals surface area contributed by atoms with Gasteiger partial charge in [-0.05, 0) is 42.7 Å². The van der Waals surface area contributed by atoms with Crippen LogP contribution in [0.2, 0.25) is 0 Å². The summed E-state index contributed by atoms with van der Waals surface area (Å²) < 4.78 is 0. The van der Waals surface area contributed by atoms with E-state index < -0.39 is 0 Å². The summed E-state index contributed by atoms with van der Waals surface area (Å²) >= 11 is 0. The van der Waals surface area contributed by atoms with E-state index in [1.54, 1.807) is 6.20 Å². The number of nitrogens with zero attached hydrogens (tertiary/aromatic N) is 2. The largest absolute Gasteiger partial charge is 0.255 e. The van der Waals surface area contributed by atoms with Gasteiger partial charge in [-0.15, -0.1) is 0 Å². The third-order valence-electron chi connectivity index (χ3n) is 2.57. The molecular weight excluding hydrogens is 196 g/mol. The molecule has 0 spiro atoms. The molecule has 0 N–H and O–H groups in total. The first kappa shape index (κ1) is 10.8. The van der Waals surface area contributed by atoms with Crippen LogP contribution in [0.5, 0.6) is 0 Å². The third-order valence-corrected chi connectivity index (χ3v) is 2.57. The Balaban J connectivity index is 2.22. The van der Waals surface area contributed by atoms with Crippen molar-refractivity contribution in [3.8, 4) is 11.4 Å². The summed E-state index contributed by atoms with van der Waals surface area (Å²) in [5.74, 6) is 0. The molecule has 0 aliphatic carbocycles. The lowest BCUT2D eigenvalue weighted by Crippen LogP contribution is -1.90. The molecule has 2 heteroatoms. The van der Waals surface area contributed by atoms with Crippen molar-refractivity contribution in [2.75, 3.05) is 0 Å². The van der Waals surface area contributed by atoms with Gasteiger partial charge in [0.15, 0.2) is 0 Å². The standard InChI is InChI=1S/C14H16N2/c1-2-3-6-12-8-10-16-14(11-12)13-7-4-5-9-15-13/h4-5,7-11H,2-3,6H2,1H3. The highest BCUT2D eigenvalue weighted by molar-refractivity contribution is 5.54. The molecule has 2 aromatic heterocycles. The SMILES string of the molecule is CCCCc1ccnc(-c2ccccn2)c1. The van der Waals surface area contributed by atoms with Gasteiger partial charge < -0.3 is 0 Å². The van der Waals surface area contributed by atoms with Gasteiger partial charge in [-0.3, -0.25) is 9.97 Å². The Bertz CT molecular complexity index is 437. The third kappa shape index (κ3) is 2.66. The van der Waals surface area contributed by atoms with E-state index in [9.17, 15) is 0 Å². The number of hydrogen-bond acceptors (Lipinski definition) is 2. The molecule has 0 amide bonds. The van der Waals surface area contributed by atoms with Gasteiger partial charge in [0, 0.05) is 12.4 Å². The maximum Gasteiger partial charge on any atom is 0.0888 e. The highest BCUT2D eigenvalue weighted by Crippen LogP contribution is 2.15. The predicted octanol–water partition coefficient (Wildman–Crippen LogP) is 3.49. The van der Waals surface area contributed by atoms with Gasteiger partial charge in [-0.1, -0.05) is 19.4 Å². The second kappa shape index (κ2) is 5.40. The molecule has 2 rings (SSSR count). The molecule has 0 atom stereocenters. The van der Waals surface area contributed by atoms with E-state index in [0.717, 1.165) is 17.8 Å². The molecule has 2 nitrogen and oxygen atoms in total. The minimum Gasteiger partial charge on any atom is -0.255 e. The summed E-state index contributed by atoms with van der Waals surface area (Å²) in [4.78, 5) is 8.66. The van der Waals surface area contributed by atoms with Gasteiger partial charge >= 0.3 is 0 Å². The average molecular weight is 212 g/mol. The van der Waals surface area contributed by atoms with Gasteiger partial charge in [-0.25, -0.2) is 0 Å². The van der Waals surface area contributed by atoms with Crippen LogP contribution in [0.3, 0.4) is 0 Å². The molecular formula is C14H16N2. The van der Waals surface area contributed by atoms with Gasteiger partial charge in [0.1, 0.15) is 0 Å². The first-order chi connectivity index (χ1) is 7.90. The second-order valence-electron chi connectivity index (χ2n) is 3.87. The number of hydrogen-bond donors (Lipinski definition) is 0. The van der Waals surface area contributed by atoms with Crippen molar-refractivity contribution in [2.45, 2.75) is 26.2 Å². The summed E-state index contributed by atoms with van der Waals surface area (Å²) in [5, 5.41) is 0. The Morgan fingerprint density at radius 3 is 2.62 bits per heavy atom. The number of rotatable bonds is 4. The van der Waals surface area contributed by atoms with Crippen LogP contribution in [0.1, 0.15) is 25.3 Å². The molecule has 0 unspecified atom stereocenters. The van der Waals surface area contributed by atoms with Crippen molar-refractivity contribution >= 4 is 0 Å². The zero-order chi connectivity index (χ0) is 11.2. The fourth-order valence-corrected chi connectivity index (χ4v) is 1.67. The first-order valence-corrected chi connectivity index (χ1v) is 5.76. The molecule has 0 bridgehead atoms. The van der Waals surface area contributed by atoms with Crippen LogP contribution < -0.4 is 0 Å². The summed E-state index contributed by atoms with van der Waals surface area (Å²) in [6.45, 7) is 2.21. The molecule has 0 aliphatic rings. The Kier molecular flexibility index (Phi) is 3.65. The maximum absolute atomic E-state index is 4.36. The van der Waals surface area contributed by atoms with Crippen LogP contribution >= 0.6 is 0 Å². The number of aryl methyl sites for hydroxylation is 1. The van der Waals surface area contributed by atoms with Crippen LogP contribution in [0.15, 0.2) is 42.7 Å². The Morgan fingerprint density at radius 1 is 1.00 bits per heavy atom. The molecule has 2 aromatic rings. The van der Waals surface area contributed by atoms with E-state index in [2.05, 4.69) is 29.0 Å². The predicted molar refractivity (Wildman–Crippen MR) is 66.1 cm³/mol. The zero-order valence-corrected chi connectivity index (χ0v) is 9.56. The van der Waals surface area contributed by atoms with Crippen molar-refractivity contribution in [3.05, 3.63) is 48.3 Å². The van der Waals surface area contributed by atoms with Crippen LogP contribution in [0, 0.1) is 0 Å². The smallest absolute Gasteiger partial charge is 0.0888 e. The lowest BCUT2D eigenvalue weighted by molar-refractivity contribution is 0.794. The minimum atomic E-state index is 0.945. The van der Waals surface area contributed by atoms with Crippen LogP contribution in [-0.2, 0) is 6.42 Å². The molecule has 0 aliphatic heterocycles. The van der Waals surface area contributed by atoms with Crippen molar-refractivity contribution in [3.63, 3.8) is 0 Å². The summed E-state index contributed by atoms with van der Waals surface area (Å²) in [7, 11) is 0. The highest BCUT2D eigenvalue weighted by Gasteiger charge is 2.00. The molecule has 0 saturated heterocycles. The van der Waals surface area contributed by atoms with E-state index in [4.69, 9.17) is 0 Å². The van der Waals surface area contributed by atoms with Gasteiger partial charge in [-0.2, -0.15) is 0 Å². The van der Waals surface area contributed by atoms with Crippen LogP contribution in [0.4, 0.5) is 0 Å². The molecule has 0 saturated carbocycles. The summed E-state index contributed by atoms with van der Waals surface area (Å²) in [6.07, 6.45) is 7.25. The van der Waals surface area contributed by atoms with E-state index in [0.29, 0.717) is 0 Å². The lowest BCUT2D eigenvalue weighted by atomic mass is 10.1. The molecule has 82 valence electrons.